The van der Waals surface area contributed by atoms with E-state index < -0.39 is 5.60 Å². The number of amides is 2. The van der Waals surface area contributed by atoms with Gasteiger partial charge in [-0.05, 0) is 46.2 Å². The quantitative estimate of drug-likeness (QED) is 0.782. The fourth-order valence-corrected chi connectivity index (χ4v) is 4.05. The van der Waals surface area contributed by atoms with Gasteiger partial charge in [0, 0.05) is 32.7 Å². The molecule has 2 fully saturated rings. The van der Waals surface area contributed by atoms with Gasteiger partial charge in [-0.25, -0.2) is 4.79 Å². The standard InChI is InChI=1S/C22H33N3O3/c1-22(2,3)28-21(27)24-12-8-11-18(15-24)20(26)25-14-13-23(4)16-19(25)17-9-6-5-7-10-17/h5-7,9-10,18-19H,8,11-16H2,1-4H3/t18-,19+/m0/s1. The van der Waals surface area contributed by atoms with Gasteiger partial charge in [0.05, 0.1) is 12.0 Å². The minimum atomic E-state index is -0.524. The molecular formula is C22H33N3O3. The van der Waals surface area contributed by atoms with Gasteiger partial charge in [0.1, 0.15) is 5.60 Å². The predicted molar refractivity (Wildman–Crippen MR) is 109 cm³/mol. The van der Waals surface area contributed by atoms with E-state index in [9.17, 15) is 9.59 Å². The van der Waals surface area contributed by atoms with Crippen LogP contribution < -0.4 is 0 Å². The number of rotatable bonds is 2. The summed E-state index contributed by atoms with van der Waals surface area (Å²) in [7, 11) is 2.10. The zero-order chi connectivity index (χ0) is 20.3. The lowest BCUT2D eigenvalue weighted by molar-refractivity contribution is -0.142. The molecule has 154 valence electrons. The second-order valence-electron chi connectivity index (χ2n) is 8.99. The van der Waals surface area contributed by atoms with Crippen molar-refractivity contribution >= 4 is 12.0 Å². The Morgan fingerprint density at radius 3 is 2.43 bits per heavy atom. The summed E-state index contributed by atoms with van der Waals surface area (Å²) in [6.07, 6.45) is 1.34. The van der Waals surface area contributed by atoms with Gasteiger partial charge in [0.25, 0.3) is 0 Å². The number of nitrogens with zero attached hydrogens (tertiary/aromatic N) is 3. The number of hydrogen-bond acceptors (Lipinski definition) is 4. The Bertz CT molecular complexity index is 686. The van der Waals surface area contributed by atoms with Crippen molar-refractivity contribution in [3.05, 3.63) is 35.9 Å². The molecule has 2 aliphatic heterocycles. The molecule has 3 rings (SSSR count). The SMILES string of the molecule is CN1CCN(C(=O)[C@H]2CCCN(C(=O)OC(C)(C)C)C2)[C@@H](c2ccccc2)C1. The molecule has 1 aromatic carbocycles. The van der Waals surface area contributed by atoms with E-state index >= 15 is 0 Å². The van der Waals surface area contributed by atoms with Crippen molar-refractivity contribution in [2.24, 2.45) is 5.92 Å². The molecule has 0 radical (unpaired) electrons. The van der Waals surface area contributed by atoms with Crippen LogP contribution in [0.4, 0.5) is 4.79 Å². The van der Waals surface area contributed by atoms with E-state index in [4.69, 9.17) is 4.74 Å². The molecule has 28 heavy (non-hydrogen) atoms. The molecule has 0 unspecified atom stereocenters. The van der Waals surface area contributed by atoms with Crippen LogP contribution in [0.25, 0.3) is 0 Å². The fourth-order valence-electron chi connectivity index (χ4n) is 4.05. The number of likely N-dealkylation sites (N-methyl/N-ethyl adjacent to an activating group) is 1. The largest absolute Gasteiger partial charge is 0.444 e. The normalized spacial score (nSPS) is 24.1. The van der Waals surface area contributed by atoms with Gasteiger partial charge in [0.15, 0.2) is 0 Å². The predicted octanol–water partition coefficient (Wildman–Crippen LogP) is 3.15. The van der Waals surface area contributed by atoms with Gasteiger partial charge in [-0.3, -0.25) is 4.79 Å². The maximum Gasteiger partial charge on any atom is 0.410 e. The smallest absolute Gasteiger partial charge is 0.410 e. The Kier molecular flexibility index (Phi) is 6.28. The van der Waals surface area contributed by atoms with Gasteiger partial charge < -0.3 is 19.4 Å². The van der Waals surface area contributed by atoms with Gasteiger partial charge in [-0.1, -0.05) is 30.3 Å². The number of carbonyl (C=O) groups is 2. The third kappa shape index (κ3) is 5.04. The van der Waals surface area contributed by atoms with Crippen molar-refractivity contribution < 1.29 is 14.3 Å². The summed E-state index contributed by atoms with van der Waals surface area (Å²) >= 11 is 0. The highest BCUT2D eigenvalue weighted by Gasteiger charge is 2.37. The number of piperidine rings is 1. The fraction of sp³-hybridized carbons (Fsp3) is 0.636. The Morgan fingerprint density at radius 1 is 1.04 bits per heavy atom. The molecule has 6 heteroatoms. The lowest BCUT2D eigenvalue weighted by atomic mass is 9.94. The Morgan fingerprint density at radius 2 is 1.75 bits per heavy atom. The summed E-state index contributed by atoms with van der Waals surface area (Å²) in [4.78, 5) is 31.9. The lowest BCUT2D eigenvalue weighted by Crippen LogP contribution is -2.53. The first kappa shape index (κ1) is 20.6. The van der Waals surface area contributed by atoms with Crippen molar-refractivity contribution in [1.29, 1.82) is 0 Å². The summed E-state index contributed by atoms with van der Waals surface area (Å²) in [5.41, 5.74) is 0.645. The summed E-state index contributed by atoms with van der Waals surface area (Å²) in [6, 6.07) is 10.3. The highest BCUT2D eigenvalue weighted by Crippen LogP contribution is 2.29. The van der Waals surface area contributed by atoms with Crippen LogP contribution in [0.3, 0.4) is 0 Å². The number of carbonyl (C=O) groups excluding carboxylic acids is 2. The molecule has 0 N–H and O–H groups in total. The Hall–Kier alpha value is -2.08. The highest BCUT2D eigenvalue weighted by molar-refractivity contribution is 5.81. The van der Waals surface area contributed by atoms with Crippen LogP contribution in [0.15, 0.2) is 30.3 Å². The molecule has 2 saturated heterocycles. The Labute approximate surface area is 168 Å². The third-order valence-electron chi connectivity index (χ3n) is 5.47. The summed E-state index contributed by atoms with van der Waals surface area (Å²) in [5.74, 6) is 0.00565. The van der Waals surface area contributed by atoms with Crippen molar-refractivity contribution in [2.45, 2.75) is 45.3 Å². The zero-order valence-corrected chi connectivity index (χ0v) is 17.6. The van der Waals surface area contributed by atoms with Crippen LogP contribution in [-0.4, -0.2) is 72.1 Å². The first-order chi connectivity index (χ1) is 13.2. The molecule has 6 nitrogen and oxygen atoms in total. The van der Waals surface area contributed by atoms with Crippen molar-refractivity contribution in [1.82, 2.24) is 14.7 Å². The van der Waals surface area contributed by atoms with E-state index in [0.717, 1.165) is 32.5 Å². The van der Waals surface area contributed by atoms with Crippen LogP contribution in [0.5, 0.6) is 0 Å². The van der Waals surface area contributed by atoms with E-state index in [-0.39, 0.29) is 24.0 Å². The third-order valence-corrected chi connectivity index (χ3v) is 5.47. The van der Waals surface area contributed by atoms with Crippen molar-refractivity contribution in [3.63, 3.8) is 0 Å². The second-order valence-corrected chi connectivity index (χ2v) is 8.99. The average molecular weight is 388 g/mol. The van der Waals surface area contributed by atoms with Crippen molar-refractivity contribution in [3.8, 4) is 0 Å². The van der Waals surface area contributed by atoms with Gasteiger partial charge in [-0.2, -0.15) is 0 Å². The highest BCUT2D eigenvalue weighted by atomic mass is 16.6. The number of piperazine rings is 1. The minimum Gasteiger partial charge on any atom is -0.444 e. The molecule has 0 bridgehead atoms. The second kappa shape index (κ2) is 8.52. The average Bonchev–Trinajstić information content (AvgIpc) is 2.67. The maximum atomic E-state index is 13.4. The van der Waals surface area contributed by atoms with E-state index in [1.54, 1.807) is 4.90 Å². The summed E-state index contributed by atoms with van der Waals surface area (Å²) in [6.45, 7) is 9.13. The molecule has 0 spiro atoms. The van der Waals surface area contributed by atoms with Gasteiger partial charge >= 0.3 is 6.09 Å². The first-order valence-corrected chi connectivity index (χ1v) is 10.3. The molecule has 2 aliphatic rings. The summed E-state index contributed by atoms with van der Waals surface area (Å²) < 4.78 is 5.51. The zero-order valence-electron chi connectivity index (χ0n) is 17.6. The van der Waals surface area contributed by atoms with Crippen LogP contribution in [0.2, 0.25) is 0 Å². The van der Waals surface area contributed by atoms with E-state index in [1.165, 1.54) is 5.56 Å². The minimum absolute atomic E-state index is 0.0596. The molecule has 1 aromatic rings. The van der Waals surface area contributed by atoms with Crippen LogP contribution >= 0.6 is 0 Å². The monoisotopic (exact) mass is 387 g/mol. The van der Waals surface area contributed by atoms with Gasteiger partial charge in [0.2, 0.25) is 5.91 Å². The van der Waals surface area contributed by atoms with Crippen LogP contribution in [0.1, 0.15) is 45.2 Å². The Balaban J connectivity index is 1.71. The number of benzene rings is 1. The molecule has 0 saturated carbocycles. The molecule has 2 atom stereocenters. The summed E-state index contributed by atoms with van der Waals surface area (Å²) in [5, 5.41) is 0. The first-order valence-electron chi connectivity index (χ1n) is 10.3. The maximum absolute atomic E-state index is 13.4. The molecule has 2 heterocycles. The van der Waals surface area contributed by atoms with Crippen LogP contribution in [0, 0.1) is 5.92 Å². The van der Waals surface area contributed by atoms with E-state index in [1.807, 2.05) is 43.9 Å². The lowest BCUT2D eigenvalue weighted by Gasteiger charge is -2.43. The molecular weight excluding hydrogens is 354 g/mol. The molecule has 2 amide bonds. The number of likely N-dealkylation sites (tertiary alicyclic amines) is 1. The van der Waals surface area contributed by atoms with Gasteiger partial charge in [-0.15, -0.1) is 0 Å². The van der Waals surface area contributed by atoms with E-state index in [2.05, 4.69) is 24.1 Å². The van der Waals surface area contributed by atoms with Crippen molar-refractivity contribution in [2.75, 3.05) is 39.8 Å². The number of hydrogen-bond donors (Lipinski definition) is 0. The van der Waals surface area contributed by atoms with E-state index in [0.29, 0.717) is 13.1 Å². The number of ether oxygens (including phenoxy) is 1. The van der Waals surface area contributed by atoms with Crippen LogP contribution in [-0.2, 0) is 9.53 Å². The molecule has 0 aliphatic carbocycles. The topological polar surface area (TPSA) is 53.1 Å². The molecule has 0 aromatic heterocycles.